The number of Topliss-reactive ketones (excluding diaryl/α,β-unsaturated/α-hetero) is 1. The van der Waals surface area contributed by atoms with Crippen molar-refractivity contribution in [3.63, 3.8) is 0 Å². The second-order valence-electron chi connectivity index (χ2n) is 4.34. The number of nitrogens with zero attached hydrogens (tertiary/aromatic N) is 1. The minimum absolute atomic E-state index is 0.247. The molecule has 1 aliphatic rings. The fourth-order valence-corrected chi connectivity index (χ4v) is 2.24. The van der Waals surface area contributed by atoms with Crippen molar-refractivity contribution in [1.29, 1.82) is 0 Å². The number of benzene rings is 1. The number of halogens is 1. The fourth-order valence-electron chi connectivity index (χ4n) is 1.76. The molecule has 1 fully saturated rings. The van der Waals surface area contributed by atoms with Gasteiger partial charge in [0.05, 0.1) is 0 Å². The molecule has 1 unspecified atom stereocenters. The third kappa shape index (κ3) is 1.43. The van der Waals surface area contributed by atoms with Gasteiger partial charge in [0.25, 0.3) is 0 Å². The van der Waals surface area contributed by atoms with Crippen LogP contribution in [-0.4, -0.2) is 17.2 Å². The zero-order chi connectivity index (χ0) is 11.9. The molecule has 0 saturated carbocycles. The van der Waals surface area contributed by atoms with Gasteiger partial charge in [0.15, 0.2) is 11.3 Å². The van der Waals surface area contributed by atoms with E-state index in [-0.39, 0.29) is 11.7 Å². The minimum Gasteiger partial charge on any atom is -0.295 e. The van der Waals surface area contributed by atoms with Crippen LogP contribution in [0, 0.1) is 5.41 Å². The largest absolute Gasteiger partial charge is 0.295 e. The van der Waals surface area contributed by atoms with Crippen LogP contribution in [0.2, 0.25) is 0 Å². The van der Waals surface area contributed by atoms with E-state index in [0.717, 1.165) is 0 Å². The summed E-state index contributed by atoms with van der Waals surface area (Å²) in [7, 11) is 0. The van der Waals surface area contributed by atoms with Crippen LogP contribution in [0.1, 0.15) is 13.8 Å². The molecular formula is C12H12ClNO2. The molecule has 1 aromatic carbocycles. The molecule has 3 nitrogen and oxygen atoms in total. The first kappa shape index (κ1) is 11.1. The maximum Gasteiger partial charge on any atom is 0.241 e. The Morgan fingerprint density at radius 3 is 2.19 bits per heavy atom. The number of para-hydroxylation sites is 1. The molecule has 1 aromatic rings. The molecule has 0 aliphatic carbocycles. The standard InChI is InChI=1S/C12H12ClNO2/c1-12(2)9(15)10(13)14(11(12)16)8-6-4-3-5-7-8/h3-7,10H,1-2H3. The molecule has 2 rings (SSSR count). The second kappa shape index (κ2) is 3.59. The van der Waals surface area contributed by atoms with Gasteiger partial charge in [-0.25, -0.2) is 0 Å². The molecule has 1 amide bonds. The van der Waals surface area contributed by atoms with E-state index in [1.807, 2.05) is 18.2 Å². The number of anilines is 1. The summed E-state index contributed by atoms with van der Waals surface area (Å²) in [6.45, 7) is 3.21. The minimum atomic E-state index is -1.03. The predicted octanol–water partition coefficient (Wildman–Crippen LogP) is 2.19. The number of ketones is 1. The van der Waals surface area contributed by atoms with Crippen molar-refractivity contribution in [1.82, 2.24) is 0 Å². The fraction of sp³-hybridized carbons (Fsp3) is 0.333. The number of rotatable bonds is 1. The van der Waals surface area contributed by atoms with Crippen LogP contribution >= 0.6 is 11.6 Å². The third-order valence-electron chi connectivity index (χ3n) is 2.85. The van der Waals surface area contributed by atoms with Gasteiger partial charge in [-0.1, -0.05) is 29.8 Å². The Kier molecular flexibility index (Phi) is 2.50. The van der Waals surface area contributed by atoms with Crippen molar-refractivity contribution in [3.8, 4) is 0 Å². The topological polar surface area (TPSA) is 37.4 Å². The molecule has 1 atom stereocenters. The van der Waals surface area contributed by atoms with Crippen LogP contribution < -0.4 is 4.90 Å². The van der Waals surface area contributed by atoms with E-state index >= 15 is 0 Å². The van der Waals surface area contributed by atoms with Gasteiger partial charge in [-0.3, -0.25) is 14.5 Å². The van der Waals surface area contributed by atoms with Crippen molar-refractivity contribution in [2.75, 3.05) is 4.90 Å². The zero-order valence-corrected chi connectivity index (χ0v) is 9.86. The molecule has 0 radical (unpaired) electrons. The number of amides is 1. The molecule has 16 heavy (non-hydrogen) atoms. The van der Waals surface area contributed by atoms with E-state index in [4.69, 9.17) is 11.6 Å². The van der Waals surface area contributed by atoms with Gasteiger partial charge in [0, 0.05) is 5.69 Å². The highest BCUT2D eigenvalue weighted by molar-refractivity contribution is 6.41. The highest BCUT2D eigenvalue weighted by Crippen LogP contribution is 2.36. The molecule has 0 N–H and O–H groups in total. The van der Waals surface area contributed by atoms with Crippen molar-refractivity contribution >= 4 is 29.0 Å². The van der Waals surface area contributed by atoms with Crippen LogP contribution in [-0.2, 0) is 9.59 Å². The number of carbonyl (C=O) groups excluding carboxylic acids is 2. The van der Waals surface area contributed by atoms with Gasteiger partial charge in [0.2, 0.25) is 5.91 Å². The monoisotopic (exact) mass is 237 g/mol. The smallest absolute Gasteiger partial charge is 0.241 e. The number of hydrogen-bond acceptors (Lipinski definition) is 2. The summed E-state index contributed by atoms with van der Waals surface area (Å²) in [5.41, 5.74) is -1.27. The maximum atomic E-state index is 12.1. The van der Waals surface area contributed by atoms with Crippen LogP contribution in [0.4, 0.5) is 5.69 Å². The van der Waals surface area contributed by atoms with Crippen LogP contribution in [0.25, 0.3) is 0 Å². The Morgan fingerprint density at radius 2 is 1.75 bits per heavy atom. The number of hydrogen-bond donors (Lipinski definition) is 0. The summed E-state index contributed by atoms with van der Waals surface area (Å²) in [5, 5.41) is 0. The maximum absolute atomic E-state index is 12.1. The van der Waals surface area contributed by atoms with E-state index in [0.29, 0.717) is 5.69 Å². The highest BCUT2D eigenvalue weighted by Gasteiger charge is 2.52. The Hall–Kier alpha value is -1.35. The Balaban J connectivity index is 2.45. The van der Waals surface area contributed by atoms with E-state index in [1.165, 1.54) is 4.90 Å². The highest BCUT2D eigenvalue weighted by atomic mass is 35.5. The molecule has 1 aliphatic heterocycles. The number of alkyl halides is 1. The lowest BCUT2D eigenvalue weighted by Gasteiger charge is -2.19. The molecule has 4 heteroatoms. The lowest BCUT2D eigenvalue weighted by atomic mass is 9.91. The second-order valence-corrected chi connectivity index (χ2v) is 4.75. The van der Waals surface area contributed by atoms with Gasteiger partial charge in [-0.2, -0.15) is 0 Å². The van der Waals surface area contributed by atoms with Crippen LogP contribution in [0.5, 0.6) is 0 Å². The normalized spacial score (nSPS) is 23.9. The summed E-state index contributed by atoms with van der Waals surface area (Å²) in [6.07, 6.45) is 0. The zero-order valence-electron chi connectivity index (χ0n) is 9.11. The quantitative estimate of drug-likeness (QED) is 0.427. The first-order valence-electron chi connectivity index (χ1n) is 5.03. The predicted molar refractivity (Wildman–Crippen MR) is 62.4 cm³/mol. The molecular weight excluding hydrogens is 226 g/mol. The average Bonchev–Trinajstić information content (AvgIpc) is 2.42. The van der Waals surface area contributed by atoms with Gasteiger partial charge < -0.3 is 0 Å². The average molecular weight is 238 g/mol. The lowest BCUT2D eigenvalue weighted by Crippen LogP contribution is -2.33. The van der Waals surface area contributed by atoms with Gasteiger partial charge in [0.1, 0.15) is 5.41 Å². The van der Waals surface area contributed by atoms with E-state index in [2.05, 4.69) is 0 Å². The Labute approximate surface area is 99.0 Å². The Bertz CT molecular complexity index is 442. The first-order valence-corrected chi connectivity index (χ1v) is 5.47. The lowest BCUT2D eigenvalue weighted by molar-refractivity contribution is -0.132. The molecule has 84 valence electrons. The molecule has 1 saturated heterocycles. The third-order valence-corrected chi connectivity index (χ3v) is 3.24. The molecule has 0 bridgehead atoms. The SMILES string of the molecule is CC1(C)C(=O)C(Cl)N(c2ccccc2)C1=O. The van der Waals surface area contributed by atoms with E-state index in [1.54, 1.807) is 26.0 Å². The van der Waals surface area contributed by atoms with Crippen LogP contribution in [0.3, 0.4) is 0 Å². The van der Waals surface area contributed by atoms with Crippen molar-refractivity contribution in [2.45, 2.75) is 19.3 Å². The van der Waals surface area contributed by atoms with Gasteiger partial charge in [-0.15, -0.1) is 0 Å². The first-order chi connectivity index (χ1) is 7.46. The summed E-state index contributed by atoms with van der Waals surface area (Å²) >= 11 is 6.00. The molecule has 0 spiro atoms. The van der Waals surface area contributed by atoms with Gasteiger partial charge in [-0.05, 0) is 26.0 Å². The van der Waals surface area contributed by atoms with Gasteiger partial charge >= 0.3 is 0 Å². The van der Waals surface area contributed by atoms with Crippen molar-refractivity contribution < 1.29 is 9.59 Å². The Morgan fingerprint density at radius 1 is 1.19 bits per heavy atom. The van der Waals surface area contributed by atoms with Crippen molar-refractivity contribution in [2.24, 2.45) is 5.41 Å². The van der Waals surface area contributed by atoms with Crippen LogP contribution in [0.15, 0.2) is 30.3 Å². The molecule has 0 aromatic heterocycles. The summed E-state index contributed by atoms with van der Waals surface area (Å²) in [5.74, 6) is -0.494. The summed E-state index contributed by atoms with van der Waals surface area (Å²) in [4.78, 5) is 25.2. The number of carbonyl (C=O) groups is 2. The van der Waals surface area contributed by atoms with Crippen molar-refractivity contribution in [3.05, 3.63) is 30.3 Å². The van der Waals surface area contributed by atoms with E-state index < -0.39 is 10.9 Å². The molecule has 1 heterocycles. The summed E-state index contributed by atoms with van der Waals surface area (Å²) in [6, 6.07) is 8.99. The van der Waals surface area contributed by atoms with E-state index in [9.17, 15) is 9.59 Å². The summed E-state index contributed by atoms with van der Waals surface area (Å²) < 4.78 is 0.